The third-order valence-corrected chi connectivity index (χ3v) is 5.40. The second-order valence-corrected chi connectivity index (χ2v) is 7.41. The SMILES string of the molecule is N#CCc1ccc(Oc2ccc(C(=O)N3CC(N4CC[C@@H](O)C4)C3)cc2)cc1. The first kappa shape index (κ1) is 18.5. The monoisotopic (exact) mass is 377 g/mol. The van der Waals surface area contributed by atoms with Gasteiger partial charge in [0.15, 0.2) is 0 Å². The summed E-state index contributed by atoms with van der Waals surface area (Å²) in [4.78, 5) is 16.7. The van der Waals surface area contributed by atoms with Crippen LogP contribution in [0.1, 0.15) is 22.3 Å². The van der Waals surface area contributed by atoms with Gasteiger partial charge < -0.3 is 14.7 Å². The fourth-order valence-corrected chi connectivity index (χ4v) is 3.70. The zero-order valence-corrected chi connectivity index (χ0v) is 15.6. The molecule has 2 heterocycles. The van der Waals surface area contributed by atoms with Crippen LogP contribution >= 0.6 is 0 Å². The summed E-state index contributed by atoms with van der Waals surface area (Å²) in [5.41, 5.74) is 1.60. The number of amides is 1. The van der Waals surface area contributed by atoms with Crippen molar-refractivity contribution in [1.82, 2.24) is 9.80 Å². The number of ether oxygens (including phenoxy) is 1. The van der Waals surface area contributed by atoms with E-state index in [4.69, 9.17) is 10.00 Å². The van der Waals surface area contributed by atoms with Crippen LogP contribution in [0.15, 0.2) is 48.5 Å². The van der Waals surface area contributed by atoms with Crippen LogP contribution in [0.2, 0.25) is 0 Å². The topological polar surface area (TPSA) is 76.8 Å². The molecule has 2 aliphatic rings. The lowest BCUT2D eigenvalue weighted by atomic mass is 10.1. The standard InChI is InChI=1S/C22H23N3O3/c23-11-9-16-1-5-20(6-2-16)28-21-7-3-17(4-8-21)22(27)25-13-18(14-25)24-12-10-19(26)15-24/h1-8,18-19,26H,9-10,12-15H2/t19-/m1/s1. The van der Waals surface area contributed by atoms with Gasteiger partial charge in [-0.05, 0) is 48.4 Å². The molecule has 2 fully saturated rings. The maximum absolute atomic E-state index is 12.6. The molecule has 6 nitrogen and oxygen atoms in total. The number of nitrogens with zero attached hydrogens (tertiary/aromatic N) is 3. The second-order valence-electron chi connectivity index (χ2n) is 7.41. The van der Waals surface area contributed by atoms with Crippen molar-refractivity contribution in [3.05, 3.63) is 59.7 Å². The van der Waals surface area contributed by atoms with E-state index in [9.17, 15) is 9.90 Å². The van der Waals surface area contributed by atoms with E-state index in [1.807, 2.05) is 29.2 Å². The highest BCUT2D eigenvalue weighted by Gasteiger charge is 2.37. The molecule has 2 aliphatic heterocycles. The van der Waals surface area contributed by atoms with E-state index >= 15 is 0 Å². The molecule has 1 amide bonds. The van der Waals surface area contributed by atoms with Crippen molar-refractivity contribution in [3.8, 4) is 17.6 Å². The van der Waals surface area contributed by atoms with Crippen molar-refractivity contribution < 1.29 is 14.6 Å². The largest absolute Gasteiger partial charge is 0.457 e. The average Bonchev–Trinajstić information content (AvgIpc) is 3.09. The maximum Gasteiger partial charge on any atom is 0.253 e. The molecule has 144 valence electrons. The lowest BCUT2D eigenvalue weighted by Crippen LogP contribution is -2.60. The first-order valence-electron chi connectivity index (χ1n) is 9.57. The fraction of sp³-hybridized carbons (Fsp3) is 0.364. The fourth-order valence-electron chi connectivity index (χ4n) is 3.70. The minimum atomic E-state index is -0.222. The van der Waals surface area contributed by atoms with Gasteiger partial charge in [0.25, 0.3) is 5.91 Å². The molecule has 0 radical (unpaired) electrons. The molecule has 0 bridgehead atoms. The van der Waals surface area contributed by atoms with Gasteiger partial charge in [-0.3, -0.25) is 9.69 Å². The molecule has 2 aromatic rings. The molecule has 6 heteroatoms. The third-order valence-electron chi connectivity index (χ3n) is 5.40. The molecule has 4 rings (SSSR count). The second kappa shape index (κ2) is 8.01. The van der Waals surface area contributed by atoms with Gasteiger partial charge in [0.05, 0.1) is 18.6 Å². The van der Waals surface area contributed by atoms with Crippen LogP contribution in [0.25, 0.3) is 0 Å². The lowest BCUT2D eigenvalue weighted by Gasteiger charge is -2.44. The molecular weight excluding hydrogens is 354 g/mol. The van der Waals surface area contributed by atoms with E-state index in [-0.39, 0.29) is 12.0 Å². The number of aliphatic hydroxyl groups excluding tert-OH is 1. The van der Waals surface area contributed by atoms with E-state index in [2.05, 4.69) is 11.0 Å². The number of likely N-dealkylation sites (tertiary alicyclic amines) is 2. The molecule has 1 N–H and O–H groups in total. The van der Waals surface area contributed by atoms with Crippen LogP contribution < -0.4 is 4.74 Å². The van der Waals surface area contributed by atoms with Gasteiger partial charge in [-0.1, -0.05) is 12.1 Å². The Balaban J connectivity index is 1.31. The molecule has 0 saturated carbocycles. The highest BCUT2D eigenvalue weighted by atomic mass is 16.5. The summed E-state index contributed by atoms with van der Waals surface area (Å²) in [6, 6.07) is 17.1. The number of hydrogen-bond acceptors (Lipinski definition) is 5. The summed E-state index contributed by atoms with van der Waals surface area (Å²) < 4.78 is 5.80. The maximum atomic E-state index is 12.6. The highest BCUT2D eigenvalue weighted by Crippen LogP contribution is 2.25. The van der Waals surface area contributed by atoms with Crippen LogP contribution in [-0.2, 0) is 6.42 Å². The molecule has 0 unspecified atom stereocenters. The van der Waals surface area contributed by atoms with Crippen molar-refractivity contribution in [2.24, 2.45) is 0 Å². The van der Waals surface area contributed by atoms with E-state index in [1.165, 1.54) is 0 Å². The highest BCUT2D eigenvalue weighted by molar-refractivity contribution is 5.95. The molecular formula is C22H23N3O3. The number of β-amino-alcohol motifs (C(OH)–C–C–N with tert-alkyl or cyclic N) is 1. The van der Waals surface area contributed by atoms with Crippen molar-refractivity contribution in [2.45, 2.75) is 25.0 Å². The summed E-state index contributed by atoms with van der Waals surface area (Å²) in [5.74, 6) is 1.39. The summed E-state index contributed by atoms with van der Waals surface area (Å²) in [6.45, 7) is 3.07. The Kier molecular flexibility index (Phi) is 5.29. The Morgan fingerprint density at radius 1 is 1.07 bits per heavy atom. The van der Waals surface area contributed by atoms with Crippen LogP contribution in [0.5, 0.6) is 11.5 Å². The molecule has 2 aromatic carbocycles. The average molecular weight is 377 g/mol. The van der Waals surface area contributed by atoms with Gasteiger partial charge in [0, 0.05) is 37.8 Å². The minimum Gasteiger partial charge on any atom is -0.457 e. The molecule has 0 aromatic heterocycles. The van der Waals surface area contributed by atoms with Gasteiger partial charge in [-0.15, -0.1) is 0 Å². The summed E-state index contributed by atoms with van der Waals surface area (Å²) in [5, 5.41) is 18.4. The first-order chi connectivity index (χ1) is 13.6. The zero-order chi connectivity index (χ0) is 19.5. The molecule has 2 saturated heterocycles. The van der Waals surface area contributed by atoms with E-state index in [0.717, 1.165) is 38.2 Å². The number of carbonyl (C=O) groups is 1. The van der Waals surface area contributed by atoms with Crippen molar-refractivity contribution in [1.29, 1.82) is 5.26 Å². The molecule has 28 heavy (non-hydrogen) atoms. The number of benzene rings is 2. The number of hydrogen-bond donors (Lipinski definition) is 1. The lowest BCUT2D eigenvalue weighted by molar-refractivity contribution is 0.0299. The first-order valence-corrected chi connectivity index (χ1v) is 9.57. The summed E-state index contributed by atoms with van der Waals surface area (Å²) in [6.07, 6.45) is 0.986. The van der Waals surface area contributed by atoms with Gasteiger partial charge in [0.2, 0.25) is 0 Å². The van der Waals surface area contributed by atoms with Crippen LogP contribution in [0.4, 0.5) is 0 Å². The van der Waals surface area contributed by atoms with E-state index in [0.29, 0.717) is 29.5 Å². The van der Waals surface area contributed by atoms with Crippen LogP contribution in [-0.4, -0.2) is 59.1 Å². The van der Waals surface area contributed by atoms with Gasteiger partial charge in [-0.25, -0.2) is 0 Å². The van der Waals surface area contributed by atoms with Crippen molar-refractivity contribution in [2.75, 3.05) is 26.2 Å². The number of aliphatic hydroxyl groups is 1. The smallest absolute Gasteiger partial charge is 0.253 e. The zero-order valence-electron chi connectivity index (χ0n) is 15.6. The quantitative estimate of drug-likeness (QED) is 0.866. The van der Waals surface area contributed by atoms with Gasteiger partial charge in [0.1, 0.15) is 11.5 Å². The predicted molar refractivity (Wildman–Crippen MR) is 104 cm³/mol. The molecule has 0 aliphatic carbocycles. The Bertz CT molecular complexity index is 867. The molecule has 0 spiro atoms. The summed E-state index contributed by atoms with van der Waals surface area (Å²) >= 11 is 0. The van der Waals surface area contributed by atoms with Gasteiger partial charge >= 0.3 is 0 Å². The minimum absolute atomic E-state index is 0.0309. The Labute approximate surface area is 164 Å². The van der Waals surface area contributed by atoms with Gasteiger partial charge in [-0.2, -0.15) is 5.26 Å². The predicted octanol–water partition coefficient (Wildman–Crippen LogP) is 2.44. The number of nitriles is 1. The van der Waals surface area contributed by atoms with E-state index in [1.54, 1.807) is 24.3 Å². The van der Waals surface area contributed by atoms with Crippen LogP contribution in [0, 0.1) is 11.3 Å². The molecule has 1 atom stereocenters. The normalized spacial score (nSPS) is 19.9. The summed E-state index contributed by atoms with van der Waals surface area (Å²) in [7, 11) is 0. The Hall–Kier alpha value is -2.88. The third kappa shape index (κ3) is 4.01. The Morgan fingerprint density at radius 2 is 1.71 bits per heavy atom. The Morgan fingerprint density at radius 3 is 2.29 bits per heavy atom. The number of carbonyl (C=O) groups excluding carboxylic acids is 1. The number of rotatable bonds is 5. The van der Waals surface area contributed by atoms with Crippen molar-refractivity contribution in [3.63, 3.8) is 0 Å². The van der Waals surface area contributed by atoms with Crippen LogP contribution in [0.3, 0.4) is 0 Å². The van der Waals surface area contributed by atoms with Crippen molar-refractivity contribution >= 4 is 5.91 Å². The van der Waals surface area contributed by atoms with E-state index < -0.39 is 0 Å².